The fourth-order valence-electron chi connectivity index (χ4n) is 0.690. The van der Waals surface area contributed by atoms with Crippen molar-refractivity contribution in [2.24, 2.45) is 0 Å². The van der Waals surface area contributed by atoms with Crippen molar-refractivity contribution in [3.8, 4) is 0 Å². The Morgan fingerprint density at radius 3 is 2.50 bits per heavy atom. The van der Waals surface area contributed by atoms with E-state index in [1.165, 1.54) is 6.42 Å². The van der Waals surface area contributed by atoms with E-state index in [-0.39, 0.29) is 0 Å². The third-order valence-corrected chi connectivity index (χ3v) is 1.35. The molecule has 0 bridgehead atoms. The van der Waals surface area contributed by atoms with Gasteiger partial charge in [-0.15, -0.1) is 6.58 Å². The second kappa shape index (κ2) is 4.85. The van der Waals surface area contributed by atoms with Gasteiger partial charge in [0.1, 0.15) is 0 Å². The smallest absolute Gasteiger partial charge is 0.00958 e. The van der Waals surface area contributed by atoms with Crippen molar-refractivity contribution < 1.29 is 0 Å². The van der Waals surface area contributed by atoms with E-state index in [0.717, 1.165) is 6.42 Å². The normalized spacial score (nSPS) is 13.2. The molecule has 0 rings (SSSR count). The van der Waals surface area contributed by atoms with Crippen LogP contribution >= 0.6 is 0 Å². The molecule has 0 heterocycles. The molecule has 1 N–H and O–H groups in total. The highest BCUT2D eigenvalue weighted by Gasteiger charge is 1.96. The van der Waals surface area contributed by atoms with E-state index in [9.17, 15) is 0 Å². The van der Waals surface area contributed by atoms with Crippen molar-refractivity contribution >= 4 is 0 Å². The molecule has 0 saturated carbocycles. The van der Waals surface area contributed by atoms with E-state index in [4.69, 9.17) is 0 Å². The second-order valence-corrected chi connectivity index (χ2v) is 1.92. The summed E-state index contributed by atoms with van der Waals surface area (Å²) in [5.41, 5.74) is 0. The molecule has 1 heteroatoms. The lowest BCUT2D eigenvalue weighted by atomic mass is 10.1. The summed E-state index contributed by atoms with van der Waals surface area (Å²) in [7, 11) is 1.98. The van der Waals surface area contributed by atoms with Crippen LogP contribution in [0.1, 0.15) is 19.8 Å². The fraction of sp³-hybridized carbons (Fsp3) is 0.714. The van der Waals surface area contributed by atoms with Gasteiger partial charge >= 0.3 is 0 Å². The van der Waals surface area contributed by atoms with Gasteiger partial charge < -0.3 is 5.32 Å². The lowest BCUT2D eigenvalue weighted by Crippen LogP contribution is -2.22. The summed E-state index contributed by atoms with van der Waals surface area (Å²) in [6.07, 6.45) is 4.21. The van der Waals surface area contributed by atoms with E-state index >= 15 is 0 Å². The maximum Gasteiger partial charge on any atom is 0.00958 e. The van der Waals surface area contributed by atoms with Gasteiger partial charge in [0.05, 0.1) is 0 Å². The zero-order valence-electron chi connectivity index (χ0n) is 5.78. The molecule has 0 aliphatic heterocycles. The fourth-order valence-corrected chi connectivity index (χ4v) is 0.690. The van der Waals surface area contributed by atoms with Gasteiger partial charge in [0.15, 0.2) is 0 Å². The van der Waals surface area contributed by atoms with Crippen molar-refractivity contribution in [2.75, 3.05) is 7.05 Å². The molecular weight excluding hydrogens is 98.1 g/mol. The van der Waals surface area contributed by atoms with Crippen LogP contribution in [0.4, 0.5) is 0 Å². The molecule has 0 aromatic heterocycles. The van der Waals surface area contributed by atoms with Gasteiger partial charge in [-0.2, -0.15) is 0 Å². The van der Waals surface area contributed by atoms with Crippen molar-refractivity contribution in [1.82, 2.24) is 5.32 Å². The zero-order valence-corrected chi connectivity index (χ0v) is 5.78. The predicted octanol–water partition coefficient (Wildman–Crippen LogP) is 1.56. The molecule has 0 aliphatic carbocycles. The first-order valence-electron chi connectivity index (χ1n) is 3.13. The Morgan fingerprint density at radius 1 is 1.75 bits per heavy atom. The molecule has 1 nitrogen and oxygen atoms in total. The molecule has 1 atom stereocenters. The lowest BCUT2D eigenvalue weighted by molar-refractivity contribution is 0.553. The van der Waals surface area contributed by atoms with Crippen LogP contribution in [0.2, 0.25) is 0 Å². The van der Waals surface area contributed by atoms with Crippen LogP contribution in [-0.2, 0) is 0 Å². The predicted molar refractivity (Wildman–Crippen MR) is 38.0 cm³/mol. The van der Waals surface area contributed by atoms with E-state index in [0.29, 0.717) is 6.04 Å². The van der Waals surface area contributed by atoms with Gasteiger partial charge in [0, 0.05) is 6.04 Å². The molecule has 0 amide bonds. The molecule has 0 aromatic carbocycles. The standard InChI is InChI=1S/C7H15N/c1-4-6-7(5-2)8-3/h4,7-8H,1,5-6H2,2-3H3. The van der Waals surface area contributed by atoms with Gasteiger partial charge in [0.25, 0.3) is 0 Å². The van der Waals surface area contributed by atoms with Gasteiger partial charge in [-0.25, -0.2) is 0 Å². The highest BCUT2D eigenvalue weighted by atomic mass is 14.9. The van der Waals surface area contributed by atoms with Crippen LogP contribution in [0.15, 0.2) is 12.7 Å². The Labute approximate surface area is 51.8 Å². The maximum atomic E-state index is 3.66. The lowest BCUT2D eigenvalue weighted by Gasteiger charge is -2.08. The SMILES string of the molecule is C=CCC(CC)NC. The third kappa shape index (κ3) is 2.80. The van der Waals surface area contributed by atoms with E-state index in [1.807, 2.05) is 13.1 Å². The van der Waals surface area contributed by atoms with Crippen LogP contribution in [0.3, 0.4) is 0 Å². The molecule has 0 spiro atoms. The minimum Gasteiger partial charge on any atom is -0.317 e. The molecule has 0 aliphatic rings. The first-order chi connectivity index (χ1) is 3.85. The van der Waals surface area contributed by atoms with E-state index < -0.39 is 0 Å². The highest BCUT2D eigenvalue weighted by molar-refractivity contribution is 4.75. The molecule has 0 radical (unpaired) electrons. The molecule has 0 saturated heterocycles. The number of hydrogen-bond acceptors (Lipinski definition) is 1. The van der Waals surface area contributed by atoms with Gasteiger partial charge in [-0.1, -0.05) is 13.0 Å². The summed E-state index contributed by atoms with van der Waals surface area (Å²) in [6.45, 7) is 5.83. The largest absolute Gasteiger partial charge is 0.317 e. The summed E-state index contributed by atoms with van der Waals surface area (Å²) < 4.78 is 0. The Balaban J connectivity index is 3.20. The molecular formula is C7H15N. The molecule has 0 aromatic rings. The van der Waals surface area contributed by atoms with Crippen LogP contribution in [0.5, 0.6) is 0 Å². The van der Waals surface area contributed by atoms with Crippen LogP contribution in [0, 0.1) is 0 Å². The summed E-state index contributed by atoms with van der Waals surface area (Å²) in [5, 5.41) is 3.18. The van der Waals surface area contributed by atoms with Crippen molar-refractivity contribution in [3.63, 3.8) is 0 Å². The summed E-state index contributed by atoms with van der Waals surface area (Å²) >= 11 is 0. The minimum atomic E-state index is 0.632. The zero-order chi connectivity index (χ0) is 6.41. The average molecular weight is 113 g/mol. The van der Waals surface area contributed by atoms with Gasteiger partial charge in [0.2, 0.25) is 0 Å². The molecule has 1 unspecified atom stereocenters. The number of hydrogen-bond donors (Lipinski definition) is 1. The highest BCUT2D eigenvalue weighted by Crippen LogP contribution is 1.94. The third-order valence-electron chi connectivity index (χ3n) is 1.35. The molecule has 8 heavy (non-hydrogen) atoms. The molecule has 48 valence electrons. The average Bonchev–Trinajstić information content (AvgIpc) is 1.83. The maximum absolute atomic E-state index is 3.66. The van der Waals surface area contributed by atoms with Crippen LogP contribution in [0.25, 0.3) is 0 Å². The number of nitrogens with one attached hydrogen (secondary N) is 1. The Bertz CT molecular complexity index is 55.4. The van der Waals surface area contributed by atoms with Gasteiger partial charge in [-0.3, -0.25) is 0 Å². The Morgan fingerprint density at radius 2 is 2.38 bits per heavy atom. The van der Waals surface area contributed by atoms with Crippen LogP contribution in [-0.4, -0.2) is 13.1 Å². The second-order valence-electron chi connectivity index (χ2n) is 1.92. The van der Waals surface area contributed by atoms with Crippen molar-refractivity contribution in [1.29, 1.82) is 0 Å². The Kier molecular flexibility index (Phi) is 4.67. The summed E-state index contributed by atoms with van der Waals surface area (Å²) in [4.78, 5) is 0. The topological polar surface area (TPSA) is 12.0 Å². The van der Waals surface area contributed by atoms with Gasteiger partial charge in [-0.05, 0) is 19.9 Å². The van der Waals surface area contributed by atoms with Crippen LogP contribution < -0.4 is 5.32 Å². The monoisotopic (exact) mass is 113 g/mol. The summed E-state index contributed by atoms with van der Waals surface area (Å²) in [5.74, 6) is 0. The summed E-state index contributed by atoms with van der Waals surface area (Å²) in [6, 6.07) is 0.632. The van der Waals surface area contributed by atoms with Crippen molar-refractivity contribution in [3.05, 3.63) is 12.7 Å². The van der Waals surface area contributed by atoms with E-state index in [1.54, 1.807) is 0 Å². The minimum absolute atomic E-state index is 0.632. The first-order valence-corrected chi connectivity index (χ1v) is 3.13. The van der Waals surface area contributed by atoms with E-state index in [2.05, 4.69) is 18.8 Å². The van der Waals surface area contributed by atoms with Crippen molar-refractivity contribution in [2.45, 2.75) is 25.8 Å². The number of rotatable bonds is 4. The Hall–Kier alpha value is -0.300. The first kappa shape index (κ1) is 7.70. The quantitative estimate of drug-likeness (QED) is 0.545. The molecule has 0 fully saturated rings.